The molecule has 0 saturated carbocycles. The number of rotatable bonds is 3. The van der Waals surface area contributed by atoms with Gasteiger partial charge in [0.15, 0.2) is 0 Å². The Morgan fingerprint density at radius 1 is 1.29 bits per heavy atom. The van der Waals surface area contributed by atoms with Gasteiger partial charge in [0, 0.05) is 6.54 Å². The molecule has 0 aromatic rings. The van der Waals surface area contributed by atoms with Crippen LogP contribution in [0.3, 0.4) is 0 Å². The molecule has 1 N–H and O–H groups in total. The lowest BCUT2D eigenvalue weighted by Crippen LogP contribution is -2.39. The van der Waals surface area contributed by atoms with Crippen molar-refractivity contribution in [1.82, 2.24) is 10.2 Å². The second-order valence-electron chi connectivity index (χ2n) is 5.32. The number of carbonyl (C=O) groups is 1. The Balaban J connectivity index is 2.15. The van der Waals surface area contributed by atoms with Crippen LogP contribution in [0.5, 0.6) is 0 Å². The Hall–Kier alpha value is -0.570. The molecule has 0 aromatic carbocycles. The van der Waals surface area contributed by atoms with Gasteiger partial charge in [-0.15, -0.1) is 0 Å². The average Bonchev–Trinajstić information content (AvgIpc) is 2.52. The summed E-state index contributed by atoms with van der Waals surface area (Å²) in [6.45, 7) is 9.90. The molecule has 1 fully saturated rings. The minimum atomic E-state index is 0.168. The summed E-state index contributed by atoms with van der Waals surface area (Å²) in [6, 6.07) is 0. The van der Waals surface area contributed by atoms with Crippen LogP contribution < -0.4 is 5.32 Å². The van der Waals surface area contributed by atoms with Crippen LogP contribution in [0.25, 0.3) is 0 Å². The van der Waals surface area contributed by atoms with Gasteiger partial charge in [0.25, 0.3) is 0 Å². The van der Waals surface area contributed by atoms with Crippen molar-refractivity contribution >= 4 is 5.91 Å². The average molecular weight is 198 g/mol. The zero-order chi connectivity index (χ0) is 10.6. The van der Waals surface area contributed by atoms with Gasteiger partial charge in [-0.1, -0.05) is 20.8 Å². The molecule has 0 unspecified atom stereocenters. The number of hydrogen-bond acceptors (Lipinski definition) is 2. The topological polar surface area (TPSA) is 32.3 Å². The summed E-state index contributed by atoms with van der Waals surface area (Å²) in [5, 5.41) is 2.97. The molecule has 14 heavy (non-hydrogen) atoms. The maximum Gasteiger partial charge on any atom is 0.234 e. The van der Waals surface area contributed by atoms with Crippen LogP contribution in [0.1, 0.15) is 33.6 Å². The fourth-order valence-electron chi connectivity index (χ4n) is 1.56. The first-order valence-electron chi connectivity index (χ1n) is 5.46. The van der Waals surface area contributed by atoms with Gasteiger partial charge >= 0.3 is 0 Å². The fourth-order valence-corrected chi connectivity index (χ4v) is 1.56. The van der Waals surface area contributed by atoms with Crippen molar-refractivity contribution in [2.45, 2.75) is 33.6 Å². The van der Waals surface area contributed by atoms with E-state index in [1.807, 2.05) is 0 Å². The summed E-state index contributed by atoms with van der Waals surface area (Å²) in [5.41, 5.74) is 0.181. The van der Waals surface area contributed by atoms with Crippen molar-refractivity contribution in [3.8, 4) is 0 Å². The number of hydrogen-bond donors (Lipinski definition) is 1. The minimum absolute atomic E-state index is 0.168. The number of amides is 1. The molecule has 3 nitrogen and oxygen atoms in total. The minimum Gasteiger partial charge on any atom is -0.354 e. The van der Waals surface area contributed by atoms with Crippen LogP contribution in [0.4, 0.5) is 0 Å². The van der Waals surface area contributed by atoms with Crippen LogP contribution in [0.2, 0.25) is 0 Å². The largest absolute Gasteiger partial charge is 0.354 e. The number of nitrogens with zero attached hydrogens (tertiary/aromatic N) is 1. The third-order valence-corrected chi connectivity index (χ3v) is 2.38. The number of likely N-dealkylation sites (tertiary alicyclic amines) is 1. The zero-order valence-corrected chi connectivity index (χ0v) is 9.60. The van der Waals surface area contributed by atoms with Gasteiger partial charge in [0.1, 0.15) is 0 Å². The third-order valence-electron chi connectivity index (χ3n) is 2.38. The molecule has 0 bridgehead atoms. The number of carbonyl (C=O) groups excluding carboxylic acids is 1. The van der Waals surface area contributed by atoms with Crippen molar-refractivity contribution < 1.29 is 4.79 Å². The second-order valence-corrected chi connectivity index (χ2v) is 5.32. The van der Waals surface area contributed by atoms with E-state index in [1.165, 1.54) is 12.8 Å². The van der Waals surface area contributed by atoms with Gasteiger partial charge in [0.05, 0.1) is 6.54 Å². The van der Waals surface area contributed by atoms with E-state index in [2.05, 4.69) is 31.0 Å². The van der Waals surface area contributed by atoms with Gasteiger partial charge in [-0.3, -0.25) is 9.69 Å². The van der Waals surface area contributed by atoms with Crippen molar-refractivity contribution in [2.24, 2.45) is 5.41 Å². The molecule has 82 valence electrons. The molecule has 1 aliphatic rings. The van der Waals surface area contributed by atoms with E-state index in [-0.39, 0.29) is 11.3 Å². The highest BCUT2D eigenvalue weighted by molar-refractivity contribution is 5.78. The zero-order valence-electron chi connectivity index (χ0n) is 9.60. The Bertz CT molecular complexity index is 190. The van der Waals surface area contributed by atoms with E-state index in [4.69, 9.17) is 0 Å². The lowest BCUT2D eigenvalue weighted by Gasteiger charge is -2.20. The summed E-state index contributed by atoms with van der Waals surface area (Å²) in [4.78, 5) is 13.7. The monoisotopic (exact) mass is 198 g/mol. The molecule has 0 aromatic heterocycles. The SMILES string of the molecule is CC(C)(C)CNC(=O)CN1CCCC1. The first kappa shape index (κ1) is 11.5. The van der Waals surface area contributed by atoms with Crippen LogP contribution >= 0.6 is 0 Å². The first-order valence-corrected chi connectivity index (χ1v) is 5.46. The van der Waals surface area contributed by atoms with Crippen molar-refractivity contribution in [1.29, 1.82) is 0 Å². The maximum absolute atomic E-state index is 11.5. The van der Waals surface area contributed by atoms with Crippen molar-refractivity contribution in [3.63, 3.8) is 0 Å². The summed E-state index contributed by atoms with van der Waals surface area (Å²) in [7, 11) is 0. The predicted molar refractivity (Wildman–Crippen MR) is 58.1 cm³/mol. The molecule has 0 spiro atoms. The Kier molecular flexibility index (Phi) is 3.93. The van der Waals surface area contributed by atoms with Crippen LogP contribution in [0, 0.1) is 5.41 Å². The molecule has 0 aliphatic carbocycles. The molecule has 1 amide bonds. The Labute approximate surface area is 86.9 Å². The van der Waals surface area contributed by atoms with Crippen LogP contribution in [-0.4, -0.2) is 37.0 Å². The Morgan fingerprint density at radius 2 is 1.86 bits per heavy atom. The van der Waals surface area contributed by atoms with E-state index in [1.54, 1.807) is 0 Å². The quantitative estimate of drug-likeness (QED) is 0.740. The fraction of sp³-hybridized carbons (Fsp3) is 0.909. The molecular formula is C11H22N2O. The highest BCUT2D eigenvalue weighted by Crippen LogP contribution is 2.10. The summed E-state index contributed by atoms with van der Waals surface area (Å²) >= 11 is 0. The van der Waals surface area contributed by atoms with Gasteiger partial charge < -0.3 is 5.32 Å². The standard InChI is InChI=1S/C11H22N2O/c1-11(2,3)9-12-10(14)8-13-6-4-5-7-13/h4-9H2,1-3H3,(H,12,14). The van der Waals surface area contributed by atoms with Crippen LogP contribution in [0.15, 0.2) is 0 Å². The molecule has 1 saturated heterocycles. The predicted octanol–water partition coefficient (Wildman–Crippen LogP) is 1.24. The van der Waals surface area contributed by atoms with Gasteiger partial charge in [-0.05, 0) is 31.3 Å². The summed E-state index contributed by atoms with van der Waals surface area (Å²) in [5.74, 6) is 0.168. The third kappa shape index (κ3) is 4.61. The maximum atomic E-state index is 11.5. The molecule has 0 atom stereocenters. The smallest absolute Gasteiger partial charge is 0.234 e. The highest BCUT2D eigenvalue weighted by Gasteiger charge is 2.16. The van der Waals surface area contributed by atoms with E-state index < -0.39 is 0 Å². The summed E-state index contributed by atoms with van der Waals surface area (Å²) < 4.78 is 0. The molecule has 3 heteroatoms. The van der Waals surface area contributed by atoms with Gasteiger partial charge in [-0.2, -0.15) is 0 Å². The van der Waals surface area contributed by atoms with Crippen molar-refractivity contribution in [2.75, 3.05) is 26.2 Å². The molecule has 1 rings (SSSR count). The molecular weight excluding hydrogens is 176 g/mol. The van der Waals surface area contributed by atoms with E-state index in [0.29, 0.717) is 6.54 Å². The Morgan fingerprint density at radius 3 is 2.36 bits per heavy atom. The lowest BCUT2D eigenvalue weighted by molar-refractivity contribution is -0.122. The lowest BCUT2D eigenvalue weighted by atomic mass is 9.97. The van der Waals surface area contributed by atoms with E-state index in [9.17, 15) is 4.79 Å². The molecule has 0 radical (unpaired) electrons. The highest BCUT2D eigenvalue weighted by atomic mass is 16.2. The first-order chi connectivity index (χ1) is 6.47. The molecule has 1 heterocycles. The van der Waals surface area contributed by atoms with Gasteiger partial charge in [0.2, 0.25) is 5.91 Å². The van der Waals surface area contributed by atoms with Crippen molar-refractivity contribution in [3.05, 3.63) is 0 Å². The normalized spacial score (nSPS) is 18.5. The van der Waals surface area contributed by atoms with E-state index >= 15 is 0 Å². The van der Waals surface area contributed by atoms with E-state index in [0.717, 1.165) is 19.6 Å². The summed E-state index contributed by atoms with van der Waals surface area (Å²) in [6.07, 6.45) is 2.49. The second kappa shape index (κ2) is 4.78. The van der Waals surface area contributed by atoms with Gasteiger partial charge in [-0.25, -0.2) is 0 Å². The van der Waals surface area contributed by atoms with Crippen LogP contribution in [-0.2, 0) is 4.79 Å². The molecule has 1 aliphatic heterocycles. The number of nitrogens with one attached hydrogen (secondary N) is 1.